The van der Waals surface area contributed by atoms with Gasteiger partial charge in [-0.15, -0.1) is 24.2 Å². The van der Waals surface area contributed by atoms with Crippen LogP contribution in [0.4, 0.5) is 5.69 Å². The molecule has 0 radical (unpaired) electrons. The molecule has 4 N–H and O–H groups in total. The summed E-state index contributed by atoms with van der Waals surface area (Å²) in [7, 11) is 0. The molecule has 0 aliphatic heterocycles. The summed E-state index contributed by atoms with van der Waals surface area (Å²) in [4.78, 5) is 24.7. The van der Waals surface area contributed by atoms with E-state index in [1.54, 1.807) is 23.9 Å². The van der Waals surface area contributed by atoms with E-state index in [1.165, 1.54) is 0 Å². The van der Waals surface area contributed by atoms with Gasteiger partial charge in [-0.2, -0.15) is 0 Å². The van der Waals surface area contributed by atoms with Crippen LogP contribution in [0.1, 0.15) is 27.7 Å². The van der Waals surface area contributed by atoms with E-state index in [0.29, 0.717) is 16.0 Å². The van der Waals surface area contributed by atoms with Crippen molar-refractivity contribution in [2.24, 2.45) is 11.7 Å². The summed E-state index contributed by atoms with van der Waals surface area (Å²) in [6, 6.07) is 4.73. The molecule has 1 aromatic carbocycles. The Kier molecular flexibility index (Phi) is 10.4. The first-order chi connectivity index (χ1) is 10.7. The molecule has 0 fully saturated rings. The maximum absolute atomic E-state index is 12.0. The van der Waals surface area contributed by atoms with E-state index in [9.17, 15) is 9.59 Å². The molecule has 0 saturated heterocycles. The monoisotopic (exact) mass is 393 g/mol. The van der Waals surface area contributed by atoms with Gasteiger partial charge in [0.15, 0.2) is 0 Å². The molecular weight excluding hydrogens is 369 g/mol. The van der Waals surface area contributed by atoms with E-state index in [0.717, 1.165) is 4.90 Å². The van der Waals surface area contributed by atoms with Crippen LogP contribution in [0.25, 0.3) is 0 Å². The van der Waals surface area contributed by atoms with Gasteiger partial charge < -0.3 is 16.4 Å². The highest BCUT2D eigenvalue weighted by Crippen LogP contribution is 2.32. The normalized spacial score (nSPS) is 11.8. The number of carbonyl (C=O) groups is 2. The van der Waals surface area contributed by atoms with Crippen LogP contribution in [0.5, 0.6) is 0 Å². The molecule has 2 amide bonds. The van der Waals surface area contributed by atoms with E-state index < -0.39 is 6.04 Å². The maximum Gasteiger partial charge on any atom is 0.243 e. The molecule has 0 aromatic heterocycles. The number of hydrogen-bond donors (Lipinski definition) is 3. The molecular formula is C16H25Cl2N3O2S. The Hall–Kier alpha value is -0.950. The van der Waals surface area contributed by atoms with Crippen molar-refractivity contribution in [3.8, 4) is 0 Å². The lowest BCUT2D eigenvalue weighted by atomic mass is 10.1. The molecule has 5 nitrogen and oxygen atoms in total. The van der Waals surface area contributed by atoms with E-state index in [-0.39, 0.29) is 36.7 Å². The predicted molar refractivity (Wildman–Crippen MR) is 104 cm³/mol. The first kappa shape index (κ1) is 23.1. The zero-order valence-corrected chi connectivity index (χ0v) is 16.6. The van der Waals surface area contributed by atoms with Gasteiger partial charge in [-0.1, -0.05) is 39.3 Å². The number of hydrogen-bond acceptors (Lipinski definition) is 4. The second-order valence-corrected chi connectivity index (χ2v) is 7.90. The van der Waals surface area contributed by atoms with Crippen molar-refractivity contribution in [2.45, 2.75) is 43.9 Å². The topological polar surface area (TPSA) is 84.2 Å². The minimum Gasteiger partial charge on any atom is -0.346 e. The maximum atomic E-state index is 12.0. The third-order valence-corrected chi connectivity index (χ3v) is 4.34. The molecule has 1 aromatic rings. The lowest BCUT2D eigenvalue weighted by molar-refractivity contribution is -0.125. The number of rotatable bonds is 7. The molecule has 1 rings (SSSR count). The molecule has 24 heavy (non-hydrogen) atoms. The summed E-state index contributed by atoms with van der Waals surface area (Å²) in [5.41, 5.74) is 6.38. The highest BCUT2D eigenvalue weighted by Gasteiger charge is 2.18. The minimum atomic E-state index is -0.624. The van der Waals surface area contributed by atoms with Gasteiger partial charge >= 0.3 is 0 Å². The van der Waals surface area contributed by atoms with Crippen LogP contribution in [0, 0.1) is 5.92 Å². The Morgan fingerprint density at radius 1 is 1.25 bits per heavy atom. The first-order valence-corrected chi connectivity index (χ1v) is 8.75. The number of thioether (sulfide) groups is 1. The fourth-order valence-electron chi connectivity index (χ4n) is 1.74. The van der Waals surface area contributed by atoms with Crippen molar-refractivity contribution in [3.05, 3.63) is 23.2 Å². The molecule has 0 aliphatic carbocycles. The Balaban J connectivity index is 0.00000529. The van der Waals surface area contributed by atoms with Gasteiger partial charge in [0, 0.05) is 15.2 Å². The third-order valence-electron chi connectivity index (χ3n) is 3.02. The Labute approximate surface area is 158 Å². The van der Waals surface area contributed by atoms with E-state index in [1.807, 2.05) is 19.9 Å². The van der Waals surface area contributed by atoms with Crippen LogP contribution in [-0.4, -0.2) is 29.7 Å². The van der Waals surface area contributed by atoms with Crippen molar-refractivity contribution in [1.82, 2.24) is 5.32 Å². The Morgan fingerprint density at radius 3 is 2.42 bits per heavy atom. The summed E-state index contributed by atoms with van der Waals surface area (Å²) in [6.45, 7) is 7.71. The van der Waals surface area contributed by atoms with Gasteiger partial charge in [-0.3, -0.25) is 9.59 Å². The quantitative estimate of drug-likeness (QED) is 0.620. The van der Waals surface area contributed by atoms with Gasteiger partial charge in [0.25, 0.3) is 0 Å². The fraction of sp³-hybridized carbons (Fsp3) is 0.500. The van der Waals surface area contributed by atoms with E-state index in [2.05, 4.69) is 24.5 Å². The SMILES string of the molecule is CC(C)Sc1ccc(Cl)cc1NC(=O)CNC(=O)[C@@H](N)C(C)C.Cl. The summed E-state index contributed by atoms with van der Waals surface area (Å²) in [5, 5.41) is 6.24. The molecule has 1 atom stereocenters. The van der Waals surface area contributed by atoms with E-state index in [4.69, 9.17) is 17.3 Å². The van der Waals surface area contributed by atoms with Crippen LogP contribution < -0.4 is 16.4 Å². The lowest BCUT2D eigenvalue weighted by Crippen LogP contribution is -2.46. The number of benzene rings is 1. The van der Waals surface area contributed by atoms with Crippen molar-refractivity contribution in [2.75, 3.05) is 11.9 Å². The molecule has 0 aliphatic rings. The average molecular weight is 394 g/mol. The number of anilines is 1. The zero-order valence-electron chi connectivity index (χ0n) is 14.3. The minimum absolute atomic E-state index is 0. The summed E-state index contributed by atoms with van der Waals surface area (Å²) >= 11 is 7.62. The number of halogens is 2. The highest BCUT2D eigenvalue weighted by atomic mass is 35.5. The molecule has 136 valence electrons. The number of carbonyl (C=O) groups excluding carboxylic acids is 2. The highest BCUT2D eigenvalue weighted by molar-refractivity contribution is 8.00. The summed E-state index contributed by atoms with van der Waals surface area (Å²) in [6.07, 6.45) is 0. The van der Waals surface area contributed by atoms with Crippen LogP contribution in [0.2, 0.25) is 5.02 Å². The molecule has 0 bridgehead atoms. The van der Waals surface area contributed by atoms with Gasteiger partial charge in [0.1, 0.15) is 0 Å². The van der Waals surface area contributed by atoms with E-state index >= 15 is 0 Å². The van der Waals surface area contributed by atoms with Gasteiger partial charge in [-0.05, 0) is 24.1 Å². The molecule has 0 heterocycles. The largest absolute Gasteiger partial charge is 0.346 e. The molecule has 0 saturated carbocycles. The number of amides is 2. The Bertz CT molecular complexity index is 568. The second-order valence-electron chi connectivity index (χ2n) is 5.84. The molecule has 0 spiro atoms. The first-order valence-electron chi connectivity index (χ1n) is 7.50. The predicted octanol–water partition coefficient (Wildman–Crippen LogP) is 3.30. The average Bonchev–Trinajstić information content (AvgIpc) is 2.46. The van der Waals surface area contributed by atoms with Crippen LogP contribution in [0.3, 0.4) is 0 Å². The van der Waals surface area contributed by atoms with Crippen molar-refractivity contribution in [1.29, 1.82) is 0 Å². The third kappa shape index (κ3) is 7.75. The van der Waals surface area contributed by atoms with Crippen molar-refractivity contribution < 1.29 is 9.59 Å². The van der Waals surface area contributed by atoms with Crippen LogP contribution in [-0.2, 0) is 9.59 Å². The van der Waals surface area contributed by atoms with Crippen LogP contribution >= 0.6 is 35.8 Å². The number of nitrogens with two attached hydrogens (primary N) is 1. The molecule has 0 unspecified atom stereocenters. The zero-order chi connectivity index (χ0) is 17.6. The standard InChI is InChI=1S/C16H24ClN3O2S.ClH/c1-9(2)15(18)16(22)19-8-14(21)20-12-7-11(17)5-6-13(12)23-10(3)4;/h5-7,9-10,15H,8,18H2,1-4H3,(H,19,22)(H,20,21);1H/t15-;/m0./s1. The van der Waals surface area contributed by atoms with Crippen molar-refractivity contribution in [3.63, 3.8) is 0 Å². The summed E-state index contributed by atoms with van der Waals surface area (Å²) in [5.74, 6) is -0.639. The Morgan fingerprint density at radius 2 is 1.88 bits per heavy atom. The smallest absolute Gasteiger partial charge is 0.243 e. The van der Waals surface area contributed by atoms with Gasteiger partial charge in [0.2, 0.25) is 11.8 Å². The summed E-state index contributed by atoms with van der Waals surface area (Å²) < 4.78 is 0. The second kappa shape index (κ2) is 10.8. The fourth-order valence-corrected chi connectivity index (χ4v) is 2.80. The van der Waals surface area contributed by atoms with Crippen LogP contribution in [0.15, 0.2) is 23.1 Å². The van der Waals surface area contributed by atoms with Gasteiger partial charge in [-0.25, -0.2) is 0 Å². The van der Waals surface area contributed by atoms with Crippen molar-refractivity contribution >= 4 is 53.3 Å². The van der Waals surface area contributed by atoms with Gasteiger partial charge in [0.05, 0.1) is 18.3 Å². The molecule has 8 heteroatoms. The number of nitrogens with one attached hydrogen (secondary N) is 2. The lowest BCUT2D eigenvalue weighted by Gasteiger charge is -2.16.